The Morgan fingerprint density at radius 3 is 2.18 bits per heavy atom. The zero-order valence-corrected chi connectivity index (χ0v) is 6.10. The van der Waals surface area contributed by atoms with E-state index in [1.165, 1.54) is 0 Å². The van der Waals surface area contributed by atoms with Crippen LogP contribution in [0.5, 0.6) is 0 Å². The van der Waals surface area contributed by atoms with Gasteiger partial charge in [-0.15, -0.1) is 0 Å². The van der Waals surface area contributed by atoms with Gasteiger partial charge in [-0.1, -0.05) is 0 Å². The summed E-state index contributed by atoms with van der Waals surface area (Å²) < 4.78 is 0. The number of hydrogen-bond donors (Lipinski definition) is 4. The molecule has 0 aliphatic heterocycles. The lowest BCUT2D eigenvalue weighted by Crippen LogP contribution is -2.46. The van der Waals surface area contributed by atoms with Crippen molar-refractivity contribution in [3.63, 3.8) is 0 Å². The van der Waals surface area contributed by atoms with Crippen molar-refractivity contribution in [1.29, 1.82) is 0 Å². The summed E-state index contributed by atoms with van der Waals surface area (Å²) in [6, 6.07) is 0. The molecule has 7 N–H and O–H groups in total. The van der Waals surface area contributed by atoms with Crippen LogP contribution in [0.4, 0.5) is 0 Å². The predicted octanol–water partition coefficient (Wildman–Crippen LogP) is -2.70. The predicted molar refractivity (Wildman–Crippen MR) is 38.5 cm³/mol. The van der Waals surface area contributed by atoms with Gasteiger partial charge in [0.25, 0.3) is 0 Å². The second kappa shape index (κ2) is 4.99. The van der Waals surface area contributed by atoms with Gasteiger partial charge >= 0.3 is 5.97 Å². The molecule has 0 heterocycles. The number of carbonyl (C=O) groups is 1. The minimum absolute atomic E-state index is 0.214. The Balaban J connectivity index is 3.37. The fourth-order valence-corrected chi connectivity index (χ4v) is 0.497. The number of nitrogens with zero attached hydrogens (tertiary/aromatic N) is 2. The lowest BCUT2D eigenvalue weighted by atomic mass is 10.5. The minimum Gasteiger partial charge on any atom is -0.480 e. The van der Waals surface area contributed by atoms with Crippen molar-refractivity contribution in [1.82, 2.24) is 10.1 Å². The van der Waals surface area contributed by atoms with Gasteiger partial charge in [0, 0.05) is 13.1 Å². The van der Waals surface area contributed by atoms with E-state index in [2.05, 4.69) is 0 Å². The third-order valence-corrected chi connectivity index (χ3v) is 0.984. The Labute approximate surface area is 64.2 Å². The van der Waals surface area contributed by atoms with Gasteiger partial charge in [-0.3, -0.25) is 22.3 Å². The van der Waals surface area contributed by atoms with Crippen molar-refractivity contribution in [3.8, 4) is 0 Å². The van der Waals surface area contributed by atoms with Crippen LogP contribution in [0.25, 0.3) is 0 Å². The van der Waals surface area contributed by atoms with Crippen LogP contribution >= 0.6 is 0 Å². The fraction of sp³-hybridized carbons (Fsp3) is 0.750. The van der Waals surface area contributed by atoms with Gasteiger partial charge < -0.3 is 5.11 Å². The van der Waals surface area contributed by atoms with Crippen LogP contribution in [-0.2, 0) is 4.79 Å². The quantitative estimate of drug-likeness (QED) is 0.257. The molecule has 7 heteroatoms. The van der Waals surface area contributed by atoms with Crippen LogP contribution < -0.4 is 17.5 Å². The maximum Gasteiger partial charge on any atom is 0.319 e. The molecule has 0 saturated heterocycles. The molecule has 7 nitrogen and oxygen atoms in total. The molecule has 0 unspecified atom stereocenters. The zero-order valence-electron chi connectivity index (χ0n) is 6.10. The van der Waals surface area contributed by atoms with Gasteiger partial charge in [0.05, 0.1) is 0 Å². The monoisotopic (exact) mass is 163 g/mol. The van der Waals surface area contributed by atoms with Crippen molar-refractivity contribution >= 4 is 5.97 Å². The molecule has 11 heavy (non-hydrogen) atoms. The first kappa shape index (κ1) is 10.3. The van der Waals surface area contributed by atoms with Crippen molar-refractivity contribution < 1.29 is 9.90 Å². The summed E-state index contributed by atoms with van der Waals surface area (Å²) in [5.41, 5.74) is 0. The van der Waals surface area contributed by atoms with Crippen LogP contribution in [-0.4, -0.2) is 40.8 Å². The largest absolute Gasteiger partial charge is 0.480 e. The van der Waals surface area contributed by atoms with Crippen LogP contribution in [0.3, 0.4) is 0 Å². The summed E-state index contributed by atoms with van der Waals surface area (Å²) in [7, 11) is 0. The fourth-order valence-electron chi connectivity index (χ4n) is 0.497. The Morgan fingerprint density at radius 2 is 1.82 bits per heavy atom. The van der Waals surface area contributed by atoms with Gasteiger partial charge in [-0.05, 0) is 0 Å². The van der Waals surface area contributed by atoms with Gasteiger partial charge in [0.1, 0.15) is 6.54 Å². The average molecular weight is 163 g/mol. The number of carboxylic acid groups (broad SMARTS) is 1. The Morgan fingerprint density at radius 1 is 1.27 bits per heavy atom. The first-order valence-electron chi connectivity index (χ1n) is 3.00. The van der Waals surface area contributed by atoms with Crippen molar-refractivity contribution in [2.75, 3.05) is 19.6 Å². The van der Waals surface area contributed by atoms with Crippen LogP contribution in [0, 0.1) is 0 Å². The third-order valence-electron chi connectivity index (χ3n) is 0.984. The second-order valence-electron chi connectivity index (χ2n) is 2.10. The lowest BCUT2D eigenvalue weighted by Gasteiger charge is -2.15. The van der Waals surface area contributed by atoms with Gasteiger partial charge in [-0.25, -0.2) is 5.01 Å². The number of rotatable bonds is 5. The summed E-state index contributed by atoms with van der Waals surface area (Å²) in [6.45, 7) is 0.427. The number of nitrogens with two attached hydrogens (primary N) is 3. The maximum atomic E-state index is 10.1. The van der Waals surface area contributed by atoms with Crippen LogP contribution in [0.2, 0.25) is 0 Å². The Bertz CT molecular complexity index is 128. The Kier molecular flexibility index (Phi) is 4.66. The molecular formula is C4H13N5O2. The van der Waals surface area contributed by atoms with E-state index in [9.17, 15) is 4.79 Å². The first-order valence-corrected chi connectivity index (χ1v) is 3.00. The van der Waals surface area contributed by atoms with E-state index in [4.69, 9.17) is 22.6 Å². The summed E-state index contributed by atoms with van der Waals surface area (Å²) in [6.07, 6.45) is 0. The van der Waals surface area contributed by atoms with Gasteiger partial charge in [0.15, 0.2) is 0 Å². The highest BCUT2D eigenvalue weighted by atomic mass is 16.4. The molecule has 0 amide bonds. The summed E-state index contributed by atoms with van der Waals surface area (Å²) >= 11 is 0. The second-order valence-corrected chi connectivity index (χ2v) is 2.10. The lowest BCUT2D eigenvalue weighted by molar-refractivity contribution is -0.138. The molecule has 0 fully saturated rings. The SMILES string of the molecule is NN(N)CCN(N)CC(=O)O. The highest BCUT2D eigenvalue weighted by molar-refractivity contribution is 5.68. The summed E-state index contributed by atoms with van der Waals surface area (Å²) in [5.74, 6) is 14.4. The molecule has 0 aromatic carbocycles. The zero-order chi connectivity index (χ0) is 8.85. The van der Waals surface area contributed by atoms with Crippen LogP contribution in [0.1, 0.15) is 0 Å². The molecule has 0 saturated carbocycles. The highest BCUT2D eigenvalue weighted by Gasteiger charge is 2.04. The van der Waals surface area contributed by atoms with E-state index >= 15 is 0 Å². The van der Waals surface area contributed by atoms with Crippen molar-refractivity contribution in [2.45, 2.75) is 0 Å². The third kappa shape index (κ3) is 7.16. The molecule has 0 aromatic heterocycles. The van der Waals surface area contributed by atoms with E-state index in [0.29, 0.717) is 13.1 Å². The molecular weight excluding hydrogens is 150 g/mol. The van der Waals surface area contributed by atoms with Crippen molar-refractivity contribution in [2.24, 2.45) is 17.5 Å². The molecule has 0 spiro atoms. The van der Waals surface area contributed by atoms with Gasteiger partial charge in [-0.2, -0.15) is 5.12 Å². The molecule has 0 rings (SSSR count). The number of aliphatic carboxylic acids is 1. The average Bonchev–Trinajstić information content (AvgIpc) is 1.82. The van der Waals surface area contributed by atoms with E-state index < -0.39 is 5.97 Å². The maximum absolute atomic E-state index is 10.1. The molecule has 66 valence electrons. The summed E-state index contributed by atoms with van der Waals surface area (Å²) in [4.78, 5) is 10.1. The van der Waals surface area contributed by atoms with Crippen LogP contribution in [0.15, 0.2) is 0 Å². The molecule has 0 aliphatic rings. The smallest absolute Gasteiger partial charge is 0.319 e. The topological polar surface area (TPSA) is 122 Å². The van der Waals surface area contributed by atoms with E-state index in [-0.39, 0.29) is 6.54 Å². The number of hydrogen-bond acceptors (Lipinski definition) is 6. The molecule has 0 aromatic rings. The van der Waals surface area contributed by atoms with E-state index in [0.717, 1.165) is 10.1 Å². The van der Waals surface area contributed by atoms with Crippen molar-refractivity contribution in [3.05, 3.63) is 0 Å². The number of hydrazine groups is 3. The first-order chi connectivity index (χ1) is 5.02. The molecule has 0 aliphatic carbocycles. The number of carboxylic acids is 1. The normalized spacial score (nSPS) is 11.0. The molecule has 0 radical (unpaired) electrons. The molecule has 0 bridgehead atoms. The highest BCUT2D eigenvalue weighted by Crippen LogP contribution is 1.76. The summed E-state index contributed by atoms with van der Waals surface area (Å²) in [5, 5.41) is 10.3. The Hall–Kier alpha value is -0.730. The minimum atomic E-state index is -0.979. The van der Waals surface area contributed by atoms with E-state index in [1.54, 1.807) is 0 Å². The standard InChI is InChI=1S/C4H13N5O2/c5-8(3-4(10)11)1-2-9(6)7/h1-3,5-7H2,(H,10,11). The van der Waals surface area contributed by atoms with E-state index in [1.807, 2.05) is 0 Å². The molecule has 0 atom stereocenters. The van der Waals surface area contributed by atoms with Gasteiger partial charge in [0.2, 0.25) is 0 Å².